The van der Waals surface area contributed by atoms with Crippen LogP contribution in [0, 0.1) is 5.92 Å². The van der Waals surface area contributed by atoms with E-state index in [4.69, 9.17) is 9.15 Å². The molecular weight excluding hydrogens is 306 g/mol. The lowest BCUT2D eigenvalue weighted by atomic mass is 9.92. The lowest BCUT2D eigenvalue weighted by molar-refractivity contribution is 0.0486. The van der Waals surface area contributed by atoms with E-state index in [1.165, 1.54) is 0 Å². The van der Waals surface area contributed by atoms with E-state index in [1.54, 1.807) is 6.92 Å². The maximum atomic E-state index is 12.3. The summed E-state index contributed by atoms with van der Waals surface area (Å²) in [6.07, 6.45) is 1.70. The van der Waals surface area contributed by atoms with Crippen LogP contribution in [0.2, 0.25) is 0 Å². The van der Waals surface area contributed by atoms with Crippen molar-refractivity contribution >= 4 is 16.9 Å². The number of benzene rings is 1. The molecule has 1 fully saturated rings. The number of fused-ring (bicyclic) bond motifs is 1. The van der Waals surface area contributed by atoms with Gasteiger partial charge in [0.05, 0.1) is 12.7 Å². The van der Waals surface area contributed by atoms with Gasteiger partial charge in [0.15, 0.2) is 0 Å². The number of esters is 1. The van der Waals surface area contributed by atoms with Gasteiger partial charge in [-0.2, -0.15) is 0 Å². The molecule has 1 aromatic carbocycles. The zero-order valence-electron chi connectivity index (χ0n) is 14.3. The van der Waals surface area contributed by atoms with E-state index in [1.807, 2.05) is 31.2 Å². The van der Waals surface area contributed by atoms with Gasteiger partial charge in [0, 0.05) is 17.5 Å². The van der Waals surface area contributed by atoms with Crippen molar-refractivity contribution in [1.29, 1.82) is 0 Å². The smallest absolute Gasteiger partial charge is 0.374 e. The summed E-state index contributed by atoms with van der Waals surface area (Å²) < 4.78 is 10.9. The Hall–Kier alpha value is -1.85. The Labute approximate surface area is 142 Å². The summed E-state index contributed by atoms with van der Waals surface area (Å²) in [6, 6.07) is 7.72. The second-order valence-corrected chi connectivity index (χ2v) is 6.48. The number of carbonyl (C=O) groups is 1. The van der Waals surface area contributed by atoms with Crippen LogP contribution in [0.3, 0.4) is 0 Å². The van der Waals surface area contributed by atoms with Gasteiger partial charge >= 0.3 is 5.97 Å². The van der Waals surface area contributed by atoms with Crippen LogP contribution in [0.5, 0.6) is 0 Å². The number of hydrogen-bond donors (Lipinski definition) is 1. The molecule has 0 bridgehead atoms. The van der Waals surface area contributed by atoms with E-state index < -0.39 is 5.97 Å². The first-order chi connectivity index (χ1) is 11.6. The van der Waals surface area contributed by atoms with Crippen molar-refractivity contribution in [2.24, 2.45) is 5.92 Å². The number of likely N-dealkylation sites (tertiary alicyclic amines) is 1. The highest BCUT2D eigenvalue weighted by Gasteiger charge is 2.27. The molecule has 3 rings (SSSR count). The van der Waals surface area contributed by atoms with Crippen LogP contribution >= 0.6 is 0 Å². The fraction of sp³-hybridized carbons (Fsp3) is 0.526. The Kier molecular flexibility index (Phi) is 5.21. The van der Waals surface area contributed by atoms with Crippen LogP contribution in [0.1, 0.15) is 42.8 Å². The Morgan fingerprint density at radius 2 is 2.08 bits per heavy atom. The molecule has 1 N–H and O–H groups in total. The lowest BCUT2D eigenvalue weighted by Crippen LogP contribution is -2.36. The number of carbonyl (C=O) groups excluding carboxylic acids is 1. The quantitative estimate of drug-likeness (QED) is 0.853. The summed E-state index contributed by atoms with van der Waals surface area (Å²) in [7, 11) is 0. The molecule has 24 heavy (non-hydrogen) atoms. The maximum absolute atomic E-state index is 12.3. The van der Waals surface area contributed by atoms with E-state index in [9.17, 15) is 9.90 Å². The van der Waals surface area contributed by atoms with Crippen LogP contribution in [0.4, 0.5) is 0 Å². The first kappa shape index (κ1) is 17.0. The molecule has 0 radical (unpaired) electrons. The van der Waals surface area contributed by atoms with Crippen molar-refractivity contribution in [3.63, 3.8) is 0 Å². The van der Waals surface area contributed by atoms with Crippen molar-refractivity contribution < 1.29 is 19.1 Å². The minimum absolute atomic E-state index is 0.253. The van der Waals surface area contributed by atoms with Crippen LogP contribution in [-0.2, 0) is 11.3 Å². The Morgan fingerprint density at radius 3 is 2.75 bits per heavy atom. The molecule has 2 heterocycles. The predicted octanol–water partition coefficient (Wildman–Crippen LogP) is 3.20. The molecule has 5 heteroatoms. The molecule has 1 unspecified atom stereocenters. The monoisotopic (exact) mass is 331 g/mol. The third-order valence-corrected chi connectivity index (χ3v) is 4.86. The molecule has 0 aliphatic carbocycles. The van der Waals surface area contributed by atoms with Crippen LogP contribution in [-0.4, -0.2) is 41.8 Å². The Morgan fingerprint density at radius 1 is 1.38 bits per heavy atom. The average Bonchev–Trinajstić information content (AvgIpc) is 2.94. The van der Waals surface area contributed by atoms with E-state index in [0.717, 1.165) is 42.5 Å². The fourth-order valence-corrected chi connectivity index (χ4v) is 3.43. The standard InChI is InChI=1S/C19H25NO4/c1-3-23-19(22)18-16(15-6-4-5-7-17(15)24-18)12-20-10-8-14(9-11-20)13(2)21/h4-7,13-14,21H,3,8-12H2,1-2H3. The topological polar surface area (TPSA) is 62.9 Å². The van der Waals surface area contributed by atoms with E-state index in [-0.39, 0.29) is 6.10 Å². The number of rotatable bonds is 5. The van der Waals surface area contributed by atoms with Crippen molar-refractivity contribution in [2.45, 2.75) is 39.3 Å². The van der Waals surface area contributed by atoms with Gasteiger partial charge in [0.1, 0.15) is 5.58 Å². The summed E-state index contributed by atoms with van der Waals surface area (Å²) in [6.45, 7) is 6.48. The van der Waals surface area contributed by atoms with Gasteiger partial charge < -0.3 is 14.3 Å². The summed E-state index contributed by atoms with van der Waals surface area (Å²) in [5.74, 6) is 0.283. The Bertz CT molecular complexity index is 698. The number of aliphatic hydroxyl groups excluding tert-OH is 1. The molecule has 0 amide bonds. The minimum atomic E-state index is -0.400. The largest absolute Gasteiger partial charge is 0.460 e. The van der Waals surface area contributed by atoms with E-state index in [2.05, 4.69) is 4.90 Å². The van der Waals surface area contributed by atoms with E-state index in [0.29, 0.717) is 24.8 Å². The molecule has 1 atom stereocenters. The summed E-state index contributed by atoms with van der Waals surface area (Å²) in [5, 5.41) is 10.7. The average molecular weight is 331 g/mol. The number of aliphatic hydroxyl groups is 1. The number of nitrogens with zero attached hydrogens (tertiary/aromatic N) is 1. The minimum Gasteiger partial charge on any atom is -0.460 e. The van der Waals surface area contributed by atoms with Crippen LogP contribution in [0.15, 0.2) is 28.7 Å². The van der Waals surface area contributed by atoms with Gasteiger partial charge in [-0.3, -0.25) is 4.90 Å². The number of hydrogen-bond acceptors (Lipinski definition) is 5. The van der Waals surface area contributed by atoms with Gasteiger partial charge in [-0.1, -0.05) is 18.2 Å². The molecule has 0 spiro atoms. The van der Waals surface area contributed by atoms with Gasteiger partial charge in [-0.05, 0) is 51.8 Å². The Balaban J connectivity index is 1.83. The predicted molar refractivity (Wildman–Crippen MR) is 91.9 cm³/mol. The normalized spacial score (nSPS) is 18.0. The van der Waals surface area contributed by atoms with Crippen molar-refractivity contribution in [1.82, 2.24) is 4.90 Å². The summed E-state index contributed by atoms with van der Waals surface area (Å²) >= 11 is 0. The SMILES string of the molecule is CCOC(=O)c1oc2ccccc2c1CN1CCC(C(C)O)CC1. The summed E-state index contributed by atoms with van der Waals surface area (Å²) in [5.41, 5.74) is 1.62. The lowest BCUT2D eigenvalue weighted by Gasteiger charge is -2.33. The molecule has 1 aromatic heterocycles. The number of ether oxygens (including phenoxy) is 1. The highest BCUT2D eigenvalue weighted by atomic mass is 16.5. The summed E-state index contributed by atoms with van der Waals surface area (Å²) in [4.78, 5) is 14.6. The highest BCUT2D eigenvalue weighted by molar-refractivity contribution is 5.96. The molecule has 1 saturated heterocycles. The second kappa shape index (κ2) is 7.36. The van der Waals surface area contributed by atoms with Gasteiger partial charge in [0.2, 0.25) is 5.76 Å². The second-order valence-electron chi connectivity index (χ2n) is 6.48. The molecule has 1 aliphatic rings. The molecule has 5 nitrogen and oxygen atoms in total. The third kappa shape index (κ3) is 3.47. The van der Waals surface area contributed by atoms with E-state index >= 15 is 0 Å². The zero-order chi connectivity index (χ0) is 17.1. The van der Waals surface area contributed by atoms with Crippen LogP contribution in [0.25, 0.3) is 11.0 Å². The van der Waals surface area contributed by atoms with Gasteiger partial charge in [-0.25, -0.2) is 4.79 Å². The van der Waals surface area contributed by atoms with Crippen LogP contribution < -0.4 is 0 Å². The van der Waals surface area contributed by atoms with Crippen molar-refractivity contribution in [3.8, 4) is 0 Å². The highest BCUT2D eigenvalue weighted by Crippen LogP contribution is 2.29. The number of furan rings is 1. The maximum Gasteiger partial charge on any atom is 0.374 e. The zero-order valence-corrected chi connectivity index (χ0v) is 14.3. The number of piperidine rings is 1. The van der Waals surface area contributed by atoms with Gasteiger partial charge in [-0.15, -0.1) is 0 Å². The van der Waals surface area contributed by atoms with Crippen molar-refractivity contribution in [3.05, 3.63) is 35.6 Å². The van der Waals surface area contributed by atoms with Gasteiger partial charge in [0.25, 0.3) is 0 Å². The molecule has 2 aromatic rings. The first-order valence-electron chi connectivity index (χ1n) is 8.68. The molecule has 130 valence electrons. The molecule has 0 saturated carbocycles. The fourth-order valence-electron chi connectivity index (χ4n) is 3.43. The first-order valence-corrected chi connectivity index (χ1v) is 8.68. The molecule has 1 aliphatic heterocycles. The third-order valence-electron chi connectivity index (χ3n) is 4.86. The number of para-hydroxylation sites is 1. The van der Waals surface area contributed by atoms with Crippen molar-refractivity contribution in [2.75, 3.05) is 19.7 Å². The molecular formula is C19H25NO4.